The van der Waals surface area contributed by atoms with E-state index in [-0.39, 0.29) is 0 Å². The number of terminal acetylenes is 1. The van der Waals surface area contributed by atoms with E-state index in [0.29, 0.717) is 4.57 Å². The van der Waals surface area contributed by atoms with E-state index in [1.54, 1.807) is 5.92 Å². The molecule has 0 aromatic carbocycles. The van der Waals surface area contributed by atoms with Crippen molar-refractivity contribution in [2.75, 3.05) is 19.8 Å². The van der Waals surface area contributed by atoms with Gasteiger partial charge in [0, 0.05) is 12.3 Å². The Morgan fingerprint density at radius 2 is 1.76 bits per heavy atom. The third-order valence-corrected chi connectivity index (χ3v) is 8.36. The number of phosphoric ester groups is 2. The molecule has 7 N–H and O–H groups in total. The molecule has 0 saturated carbocycles. The zero-order chi connectivity index (χ0) is 30.7. The van der Waals surface area contributed by atoms with Crippen LogP contribution < -0.4 is 26.4 Å². The van der Waals surface area contributed by atoms with Gasteiger partial charge in [-0.1, -0.05) is 0 Å². The van der Waals surface area contributed by atoms with E-state index in [0.717, 1.165) is 12.3 Å². The first kappa shape index (κ1) is 33.4. The zero-order valence-corrected chi connectivity index (χ0v) is 22.3. The van der Waals surface area contributed by atoms with Gasteiger partial charge in [-0.15, -0.1) is 6.42 Å². The van der Waals surface area contributed by atoms with E-state index in [1.807, 2.05) is 4.98 Å². The van der Waals surface area contributed by atoms with Crippen molar-refractivity contribution in [3.05, 3.63) is 33.1 Å². The maximum absolute atomic E-state index is 12.4. The Kier molecular flexibility index (Phi) is 10.9. The summed E-state index contributed by atoms with van der Waals surface area (Å²) in [4.78, 5) is 61.1. The lowest BCUT2D eigenvalue weighted by Gasteiger charge is -2.44. The number of ether oxygens (including phenoxy) is 2. The second kappa shape index (κ2) is 13.4. The summed E-state index contributed by atoms with van der Waals surface area (Å²) in [7, 11) is -11.8. The highest BCUT2D eigenvalue weighted by Gasteiger charge is 2.47. The summed E-state index contributed by atoms with van der Waals surface area (Å²) in [6.07, 6.45) is -8.54. The zero-order valence-electron chi connectivity index (χ0n) is 20.5. The fraction of sp³-hybridized carbons (Fsp3) is 0.632. The first-order chi connectivity index (χ1) is 19.1. The largest absolute Gasteiger partial charge is 0.756 e. The Hall–Kier alpha value is -2.15. The average Bonchev–Trinajstić information content (AvgIpc) is 3.16. The molecule has 0 aliphatic carbocycles. The summed E-state index contributed by atoms with van der Waals surface area (Å²) >= 11 is 0. The van der Waals surface area contributed by atoms with Crippen LogP contribution in [0.4, 0.5) is 0 Å². The standard InChI is InChI=1S/C19H27N3O17P2/c1-2-8(24)5-20-12-15(28)13(26)9(6-23)37-18(12)38-41(33,34)39-40(31,32)35-7-10-14(27)16(29)17(36-10)22-4-3-11(25)21-19(22)30/h1,3-4,9-10,12-18,20,23,26-29H,5-7H2,(H,31,32)(H,33,34)(H,21,25,30)/p-2/t9?,10-,12?,13+,14?,15?,16?,17-,18-/m1/s1. The number of aliphatic hydroxyl groups is 5. The maximum atomic E-state index is 12.4. The fourth-order valence-electron chi connectivity index (χ4n) is 3.83. The molecule has 0 bridgehead atoms. The van der Waals surface area contributed by atoms with E-state index in [4.69, 9.17) is 15.9 Å². The van der Waals surface area contributed by atoms with Crippen molar-refractivity contribution in [1.29, 1.82) is 0 Å². The predicted molar refractivity (Wildman–Crippen MR) is 124 cm³/mol. The second-order valence-electron chi connectivity index (χ2n) is 8.62. The summed E-state index contributed by atoms with van der Waals surface area (Å²) in [6.45, 7) is -2.74. The molecule has 2 aliphatic rings. The Morgan fingerprint density at radius 3 is 2.37 bits per heavy atom. The van der Waals surface area contributed by atoms with E-state index in [1.165, 1.54) is 0 Å². The number of rotatable bonds is 12. The predicted octanol–water partition coefficient (Wildman–Crippen LogP) is -6.26. The van der Waals surface area contributed by atoms with Crippen LogP contribution in [-0.2, 0) is 36.8 Å². The number of hydrogen-bond acceptors (Lipinski definition) is 18. The van der Waals surface area contributed by atoms with Crippen LogP contribution in [0.25, 0.3) is 0 Å². The van der Waals surface area contributed by atoms with Gasteiger partial charge in [0.15, 0.2) is 12.5 Å². The van der Waals surface area contributed by atoms with E-state index in [2.05, 4.69) is 18.7 Å². The molecular formula is C19H25N3O17P2-2. The van der Waals surface area contributed by atoms with Crippen LogP contribution in [0.1, 0.15) is 6.23 Å². The number of ketones is 1. The van der Waals surface area contributed by atoms with E-state index >= 15 is 0 Å². The minimum atomic E-state index is -5.96. The molecule has 11 atom stereocenters. The van der Waals surface area contributed by atoms with Gasteiger partial charge in [0.05, 0.1) is 25.8 Å². The molecule has 0 spiro atoms. The van der Waals surface area contributed by atoms with Crippen molar-refractivity contribution >= 4 is 21.4 Å². The lowest BCUT2D eigenvalue weighted by Crippen LogP contribution is -2.64. The molecule has 3 rings (SSSR count). The number of Topliss-reactive ketones (excluding diaryl/α,β-unsaturated/α-hetero) is 1. The normalized spacial score (nSPS) is 34.8. The summed E-state index contributed by atoms with van der Waals surface area (Å²) in [5.41, 5.74) is -1.80. The highest BCUT2D eigenvalue weighted by Crippen LogP contribution is 2.57. The van der Waals surface area contributed by atoms with Gasteiger partial charge < -0.3 is 49.3 Å². The number of nitrogens with one attached hydrogen (secondary N) is 2. The highest BCUT2D eigenvalue weighted by molar-refractivity contribution is 7.59. The van der Waals surface area contributed by atoms with E-state index in [9.17, 15) is 58.8 Å². The number of aromatic amines is 1. The summed E-state index contributed by atoms with van der Waals surface area (Å²) in [5.74, 6) is 0.868. The minimum Gasteiger partial charge on any atom is -0.756 e. The number of hydrogen-bond donors (Lipinski definition) is 7. The Balaban J connectivity index is 1.66. The topological polar surface area (TPSA) is 312 Å². The van der Waals surface area contributed by atoms with Gasteiger partial charge in [-0.25, -0.2) is 9.11 Å². The quantitative estimate of drug-likeness (QED) is 0.0642. The van der Waals surface area contributed by atoms with Crippen LogP contribution >= 0.6 is 15.6 Å². The number of phosphoric acid groups is 2. The van der Waals surface area contributed by atoms with Crippen molar-refractivity contribution in [1.82, 2.24) is 14.9 Å². The van der Waals surface area contributed by atoms with E-state index < -0.39 is 108 Å². The van der Waals surface area contributed by atoms with Crippen LogP contribution in [0.2, 0.25) is 0 Å². The molecule has 3 heterocycles. The first-order valence-electron chi connectivity index (χ1n) is 11.4. The first-order valence-corrected chi connectivity index (χ1v) is 14.4. The number of aromatic nitrogens is 2. The lowest BCUT2D eigenvalue weighted by atomic mass is 9.97. The molecule has 2 saturated heterocycles. The molecule has 1 aromatic heterocycles. The van der Waals surface area contributed by atoms with Crippen LogP contribution in [0, 0.1) is 12.3 Å². The van der Waals surface area contributed by atoms with Gasteiger partial charge in [-0.05, 0) is 5.92 Å². The Labute approximate surface area is 229 Å². The number of carbonyl (C=O) groups is 1. The van der Waals surface area contributed by atoms with Gasteiger partial charge in [-0.2, -0.15) is 0 Å². The third-order valence-electron chi connectivity index (χ3n) is 5.83. The van der Waals surface area contributed by atoms with Gasteiger partial charge in [0.25, 0.3) is 21.2 Å². The number of aliphatic hydroxyl groups excluding tert-OH is 5. The summed E-state index contributed by atoms with van der Waals surface area (Å²) < 4.78 is 48.6. The molecule has 0 radical (unpaired) electrons. The van der Waals surface area contributed by atoms with Gasteiger partial charge in [-0.3, -0.25) is 38.1 Å². The molecule has 1 aromatic rings. The molecule has 20 nitrogen and oxygen atoms in total. The van der Waals surface area contributed by atoms with Crippen LogP contribution in [-0.4, -0.2) is 110 Å². The molecule has 2 aliphatic heterocycles. The highest BCUT2D eigenvalue weighted by atomic mass is 31.3. The Bertz CT molecular complexity index is 1340. The van der Waals surface area contributed by atoms with Crippen molar-refractivity contribution in [3.8, 4) is 12.3 Å². The fourth-order valence-corrected chi connectivity index (χ4v) is 5.92. The summed E-state index contributed by atoms with van der Waals surface area (Å²) in [6, 6.07) is -0.801. The number of carbonyl (C=O) groups excluding carboxylic acids is 1. The van der Waals surface area contributed by atoms with Gasteiger partial charge in [0.2, 0.25) is 5.78 Å². The van der Waals surface area contributed by atoms with Crippen molar-refractivity contribution in [2.45, 2.75) is 55.2 Å². The minimum absolute atomic E-state index is 0.660. The van der Waals surface area contributed by atoms with Crippen molar-refractivity contribution < 1.29 is 72.1 Å². The third kappa shape index (κ3) is 8.24. The smallest absolute Gasteiger partial charge is 0.330 e. The molecule has 2 fully saturated rings. The monoisotopic (exact) mass is 629 g/mol. The summed E-state index contributed by atoms with van der Waals surface area (Å²) in [5, 5.41) is 52.3. The van der Waals surface area contributed by atoms with Gasteiger partial charge in [0.1, 0.15) is 36.6 Å². The van der Waals surface area contributed by atoms with Crippen molar-refractivity contribution in [2.24, 2.45) is 0 Å². The maximum Gasteiger partial charge on any atom is 0.330 e. The number of H-pyrrole nitrogens is 1. The molecule has 22 heteroatoms. The number of nitrogens with zero attached hydrogens (tertiary/aromatic N) is 1. The van der Waals surface area contributed by atoms with Crippen LogP contribution in [0.15, 0.2) is 21.9 Å². The lowest BCUT2D eigenvalue weighted by molar-refractivity contribution is -0.285. The molecular weight excluding hydrogens is 604 g/mol. The van der Waals surface area contributed by atoms with Crippen LogP contribution in [0.5, 0.6) is 0 Å². The molecule has 230 valence electrons. The van der Waals surface area contributed by atoms with Crippen molar-refractivity contribution in [3.63, 3.8) is 0 Å². The Morgan fingerprint density at radius 1 is 1.10 bits per heavy atom. The second-order valence-corrected chi connectivity index (χ2v) is 11.5. The average molecular weight is 629 g/mol. The van der Waals surface area contributed by atoms with Gasteiger partial charge >= 0.3 is 5.69 Å². The molecule has 0 amide bonds. The molecule has 41 heavy (non-hydrogen) atoms. The molecule has 7 unspecified atom stereocenters. The SMILES string of the molecule is C#CC(=O)CNC1C(O)[C@@H](O)C(CO)O[C@@H]1OP(=O)([O-])OP(=O)([O-])OC[C@H]1O[C@@H](n2ccc(=O)[nH]c2=O)C(O)C1O. The van der Waals surface area contributed by atoms with Crippen LogP contribution in [0.3, 0.4) is 0 Å².